The van der Waals surface area contributed by atoms with E-state index >= 15 is 0 Å². The van der Waals surface area contributed by atoms with Gasteiger partial charge in [-0.1, -0.05) is 15.9 Å². The molecule has 0 radical (unpaired) electrons. The summed E-state index contributed by atoms with van der Waals surface area (Å²) in [6, 6.07) is 5.44. The maximum absolute atomic E-state index is 11.9. The van der Waals surface area contributed by atoms with Gasteiger partial charge in [-0.3, -0.25) is 4.79 Å². The lowest BCUT2D eigenvalue weighted by molar-refractivity contribution is -0.150. The zero-order valence-electron chi connectivity index (χ0n) is 14.0. The second kappa shape index (κ2) is 8.15. The van der Waals surface area contributed by atoms with Crippen molar-refractivity contribution < 1.29 is 19.1 Å². The van der Waals surface area contributed by atoms with Gasteiger partial charge in [0.2, 0.25) is 0 Å². The van der Waals surface area contributed by atoms with Gasteiger partial charge in [-0.25, -0.2) is 4.79 Å². The van der Waals surface area contributed by atoms with Crippen molar-refractivity contribution in [1.29, 1.82) is 0 Å². The SMILES string of the molecule is COc1ccc(Br)cc1/C=C/C(=O)O[C@H](C)C(=O)NC(C)(C)C. The fraction of sp³-hybridized carbons (Fsp3) is 0.412. The predicted molar refractivity (Wildman–Crippen MR) is 93.2 cm³/mol. The standard InChI is InChI=1S/C17H22BrNO4/c1-11(16(21)19-17(2,3)4)23-15(20)9-6-12-10-13(18)7-8-14(12)22-5/h6-11H,1-5H3,(H,19,21)/b9-6+/t11-/m1/s1. The van der Waals surface area contributed by atoms with Crippen molar-refractivity contribution in [3.63, 3.8) is 0 Å². The Morgan fingerprint density at radius 3 is 2.52 bits per heavy atom. The molecule has 0 unspecified atom stereocenters. The number of hydrogen-bond acceptors (Lipinski definition) is 4. The van der Waals surface area contributed by atoms with E-state index in [4.69, 9.17) is 9.47 Å². The molecule has 5 nitrogen and oxygen atoms in total. The maximum Gasteiger partial charge on any atom is 0.331 e. The minimum absolute atomic E-state index is 0.334. The molecule has 0 aliphatic heterocycles. The first kappa shape index (κ1) is 19.2. The smallest absolute Gasteiger partial charge is 0.331 e. The van der Waals surface area contributed by atoms with Crippen molar-refractivity contribution in [3.05, 3.63) is 34.3 Å². The fourth-order valence-electron chi connectivity index (χ4n) is 1.73. The first-order valence-corrected chi connectivity index (χ1v) is 7.96. The highest BCUT2D eigenvalue weighted by atomic mass is 79.9. The summed E-state index contributed by atoms with van der Waals surface area (Å²) in [6.45, 7) is 7.11. The summed E-state index contributed by atoms with van der Waals surface area (Å²) in [7, 11) is 1.55. The average Bonchev–Trinajstić information content (AvgIpc) is 2.43. The Morgan fingerprint density at radius 1 is 1.30 bits per heavy atom. The number of halogens is 1. The molecule has 126 valence electrons. The Labute approximate surface area is 145 Å². The van der Waals surface area contributed by atoms with Crippen LogP contribution in [-0.4, -0.2) is 30.6 Å². The fourth-order valence-corrected chi connectivity index (χ4v) is 2.11. The molecule has 1 amide bonds. The largest absolute Gasteiger partial charge is 0.496 e. The molecule has 0 aromatic heterocycles. The van der Waals surface area contributed by atoms with E-state index in [0.717, 1.165) is 10.0 Å². The summed E-state index contributed by atoms with van der Waals surface area (Å²) in [4.78, 5) is 23.7. The summed E-state index contributed by atoms with van der Waals surface area (Å²) in [5, 5.41) is 2.76. The highest BCUT2D eigenvalue weighted by molar-refractivity contribution is 9.10. The Bertz CT molecular complexity index is 605. The van der Waals surface area contributed by atoms with Crippen LogP contribution in [0.5, 0.6) is 5.75 Å². The summed E-state index contributed by atoms with van der Waals surface area (Å²) >= 11 is 3.36. The lowest BCUT2D eigenvalue weighted by atomic mass is 10.1. The average molecular weight is 384 g/mol. The third-order valence-corrected chi connectivity index (χ3v) is 3.24. The predicted octanol–water partition coefficient (Wildman–Crippen LogP) is 3.32. The molecule has 0 saturated carbocycles. The number of benzene rings is 1. The normalized spacial score (nSPS) is 12.8. The van der Waals surface area contributed by atoms with Gasteiger partial charge >= 0.3 is 5.97 Å². The minimum Gasteiger partial charge on any atom is -0.496 e. The summed E-state index contributed by atoms with van der Waals surface area (Å²) < 4.78 is 11.2. The van der Waals surface area contributed by atoms with Crippen LogP contribution in [0.15, 0.2) is 28.7 Å². The van der Waals surface area contributed by atoms with E-state index in [1.165, 1.54) is 13.0 Å². The number of ether oxygens (including phenoxy) is 2. The highest BCUT2D eigenvalue weighted by Gasteiger charge is 2.21. The molecule has 1 N–H and O–H groups in total. The van der Waals surface area contributed by atoms with E-state index in [0.29, 0.717) is 5.75 Å². The van der Waals surface area contributed by atoms with Crippen LogP contribution in [0.25, 0.3) is 6.08 Å². The van der Waals surface area contributed by atoms with Crippen LogP contribution in [0.4, 0.5) is 0 Å². The Balaban J connectivity index is 2.69. The van der Waals surface area contributed by atoms with Crippen molar-refractivity contribution in [2.45, 2.75) is 39.3 Å². The molecular formula is C17H22BrNO4. The third kappa shape index (κ3) is 6.86. The van der Waals surface area contributed by atoms with Gasteiger partial charge < -0.3 is 14.8 Å². The number of hydrogen-bond donors (Lipinski definition) is 1. The Kier molecular flexibility index (Phi) is 6.81. The highest BCUT2D eigenvalue weighted by Crippen LogP contribution is 2.24. The zero-order chi connectivity index (χ0) is 17.6. The molecule has 6 heteroatoms. The molecule has 0 fully saturated rings. The first-order valence-electron chi connectivity index (χ1n) is 7.16. The number of amides is 1. The van der Waals surface area contributed by atoms with E-state index < -0.39 is 12.1 Å². The van der Waals surface area contributed by atoms with Crippen LogP contribution in [0.1, 0.15) is 33.3 Å². The lowest BCUT2D eigenvalue weighted by Gasteiger charge is -2.22. The van der Waals surface area contributed by atoms with E-state index in [-0.39, 0.29) is 11.4 Å². The van der Waals surface area contributed by atoms with Gasteiger partial charge in [0.15, 0.2) is 6.10 Å². The second-order valence-corrected chi connectivity index (χ2v) is 6.95. The van der Waals surface area contributed by atoms with Crippen molar-refractivity contribution in [1.82, 2.24) is 5.32 Å². The molecule has 1 rings (SSSR count). The van der Waals surface area contributed by atoms with Crippen LogP contribution >= 0.6 is 15.9 Å². The number of methoxy groups -OCH3 is 1. The molecule has 1 aromatic carbocycles. The molecule has 0 aliphatic carbocycles. The monoisotopic (exact) mass is 383 g/mol. The quantitative estimate of drug-likeness (QED) is 0.625. The van der Waals surface area contributed by atoms with Gasteiger partial charge in [0, 0.05) is 21.7 Å². The molecule has 0 bridgehead atoms. The molecular weight excluding hydrogens is 362 g/mol. The van der Waals surface area contributed by atoms with Crippen LogP contribution in [-0.2, 0) is 14.3 Å². The van der Waals surface area contributed by atoms with Gasteiger partial charge in [0.1, 0.15) is 5.75 Å². The zero-order valence-corrected chi connectivity index (χ0v) is 15.6. The van der Waals surface area contributed by atoms with Crippen molar-refractivity contribution >= 4 is 33.9 Å². The van der Waals surface area contributed by atoms with Gasteiger partial charge in [0.25, 0.3) is 5.91 Å². The summed E-state index contributed by atoms with van der Waals surface area (Å²) in [5.41, 5.74) is 0.350. The van der Waals surface area contributed by atoms with Crippen LogP contribution < -0.4 is 10.1 Å². The topological polar surface area (TPSA) is 64.6 Å². The second-order valence-electron chi connectivity index (χ2n) is 6.04. The van der Waals surface area contributed by atoms with Gasteiger partial charge in [-0.2, -0.15) is 0 Å². The summed E-state index contributed by atoms with van der Waals surface area (Å²) in [6.07, 6.45) is 1.99. The third-order valence-electron chi connectivity index (χ3n) is 2.75. The number of rotatable bonds is 5. The van der Waals surface area contributed by atoms with Crippen LogP contribution in [0.3, 0.4) is 0 Å². The lowest BCUT2D eigenvalue weighted by Crippen LogP contribution is -2.46. The van der Waals surface area contributed by atoms with Crippen LogP contribution in [0.2, 0.25) is 0 Å². The molecule has 0 saturated heterocycles. The van der Waals surface area contributed by atoms with Crippen molar-refractivity contribution in [2.24, 2.45) is 0 Å². The number of carbonyl (C=O) groups is 2. The summed E-state index contributed by atoms with van der Waals surface area (Å²) in [5.74, 6) is -0.293. The van der Waals surface area contributed by atoms with Gasteiger partial charge in [-0.05, 0) is 52.0 Å². The molecule has 0 spiro atoms. The molecule has 1 aromatic rings. The number of esters is 1. The molecule has 23 heavy (non-hydrogen) atoms. The van der Waals surface area contributed by atoms with Crippen LogP contribution in [0, 0.1) is 0 Å². The van der Waals surface area contributed by atoms with Gasteiger partial charge in [0.05, 0.1) is 7.11 Å². The van der Waals surface area contributed by atoms with E-state index in [2.05, 4.69) is 21.2 Å². The minimum atomic E-state index is -0.865. The number of carbonyl (C=O) groups excluding carboxylic acids is 2. The first-order chi connectivity index (χ1) is 10.6. The molecule has 1 atom stereocenters. The van der Waals surface area contributed by atoms with Crippen molar-refractivity contribution in [3.8, 4) is 5.75 Å². The Morgan fingerprint density at radius 2 is 1.96 bits per heavy atom. The van der Waals surface area contributed by atoms with E-state index in [1.807, 2.05) is 32.9 Å². The van der Waals surface area contributed by atoms with E-state index in [9.17, 15) is 9.59 Å². The Hall–Kier alpha value is -1.82. The maximum atomic E-state index is 11.9. The number of nitrogens with one attached hydrogen (secondary N) is 1. The van der Waals surface area contributed by atoms with Gasteiger partial charge in [-0.15, -0.1) is 0 Å². The van der Waals surface area contributed by atoms with Crippen molar-refractivity contribution in [2.75, 3.05) is 7.11 Å². The molecule has 0 aliphatic rings. The molecule has 0 heterocycles. The van der Waals surface area contributed by atoms with E-state index in [1.54, 1.807) is 19.3 Å².